The van der Waals surface area contributed by atoms with Gasteiger partial charge >= 0.3 is 0 Å². The Morgan fingerprint density at radius 2 is 2.11 bits per heavy atom. The molecule has 5 heteroatoms. The number of ketones is 1. The summed E-state index contributed by atoms with van der Waals surface area (Å²) in [7, 11) is 0. The number of hydrogen-bond acceptors (Lipinski definition) is 3. The van der Waals surface area contributed by atoms with Gasteiger partial charge in [-0.3, -0.25) is 9.59 Å². The van der Waals surface area contributed by atoms with E-state index in [1.54, 1.807) is 12.1 Å². The first kappa shape index (κ1) is 13.9. The predicted octanol–water partition coefficient (Wildman–Crippen LogP) is 2.26. The van der Waals surface area contributed by atoms with E-state index in [-0.39, 0.29) is 11.7 Å². The largest absolute Gasteiger partial charge is 0.356 e. The first-order valence-electron chi connectivity index (χ1n) is 6.20. The van der Waals surface area contributed by atoms with Crippen molar-refractivity contribution in [2.75, 3.05) is 18.0 Å². The van der Waals surface area contributed by atoms with E-state index in [1.165, 1.54) is 6.92 Å². The molecule has 1 fully saturated rings. The molecule has 0 bridgehead atoms. The number of benzene rings is 1. The van der Waals surface area contributed by atoms with Crippen LogP contribution in [0.15, 0.2) is 18.2 Å². The Kier molecular flexibility index (Phi) is 3.54. The highest BCUT2D eigenvalue weighted by atomic mass is 35.5. The highest BCUT2D eigenvalue weighted by Gasteiger charge is 2.37. The number of anilines is 1. The second kappa shape index (κ2) is 4.85. The molecule has 1 aliphatic heterocycles. The Hall–Kier alpha value is -1.55. The molecule has 0 radical (unpaired) electrons. The first-order chi connectivity index (χ1) is 8.84. The Morgan fingerprint density at radius 3 is 2.68 bits per heavy atom. The maximum Gasteiger partial charge on any atom is 0.245 e. The summed E-state index contributed by atoms with van der Waals surface area (Å²) >= 11 is 6.13. The molecule has 0 atom stereocenters. The summed E-state index contributed by atoms with van der Waals surface area (Å²) in [5, 5.41) is 3.27. The van der Waals surface area contributed by atoms with Crippen LogP contribution in [0.4, 0.5) is 5.69 Å². The fraction of sp³-hybridized carbons (Fsp3) is 0.429. The molecule has 19 heavy (non-hydrogen) atoms. The van der Waals surface area contributed by atoms with Crippen molar-refractivity contribution in [1.29, 1.82) is 0 Å². The van der Waals surface area contributed by atoms with Gasteiger partial charge in [0.1, 0.15) is 5.54 Å². The normalized spacial score (nSPS) is 18.1. The van der Waals surface area contributed by atoms with Crippen molar-refractivity contribution in [1.82, 2.24) is 5.32 Å². The van der Waals surface area contributed by atoms with Crippen molar-refractivity contribution in [3.05, 3.63) is 28.8 Å². The molecule has 1 heterocycles. The van der Waals surface area contributed by atoms with Crippen LogP contribution in [0.1, 0.15) is 31.1 Å². The Labute approximate surface area is 117 Å². The van der Waals surface area contributed by atoms with E-state index in [0.717, 1.165) is 5.69 Å². The van der Waals surface area contributed by atoms with Gasteiger partial charge in [-0.2, -0.15) is 0 Å². The number of Topliss-reactive ketones (excluding diaryl/α,β-unsaturated/α-hetero) is 1. The smallest absolute Gasteiger partial charge is 0.245 e. The highest BCUT2D eigenvalue weighted by Crippen LogP contribution is 2.30. The van der Waals surface area contributed by atoms with Crippen molar-refractivity contribution in [2.24, 2.45) is 0 Å². The minimum Gasteiger partial charge on any atom is -0.356 e. The van der Waals surface area contributed by atoms with Crippen LogP contribution in [0.25, 0.3) is 0 Å². The molecule has 1 amide bonds. The maximum absolute atomic E-state index is 11.9. The minimum atomic E-state index is -0.626. The van der Waals surface area contributed by atoms with Crippen molar-refractivity contribution >= 4 is 29.0 Å². The lowest BCUT2D eigenvalue weighted by Gasteiger charge is -2.43. The topological polar surface area (TPSA) is 49.4 Å². The molecule has 0 spiro atoms. The molecule has 4 nitrogen and oxygen atoms in total. The fourth-order valence-electron chi connectivity index (χ4n) is 2.31. The average molecular weight is 281 g/mol. The third-order valence-corrected chi connectivity index (χ3v) is 3.81. The summed E-state index contributed by atoms with van der Waals surface area (Å²) < 4.78 is 0. The zero-order valence-electron chi connectivity index (χ0n) is 11.3. The lowest BCUT2D eigenvalue weighted by Crippen LogP contribution is -2.62. The van der Waals surface area contributed by atoms with Gasteiger partial charge in [-0.05, 0) is 39.0 Å². The average Bonchev–Trinajstić information content (AvgIpc) is 2.32. The van der Waals surface area contributed by atoms with Crippen LogP contribution >= 0.6 is 11.6 Å². The van der Waals surface area contributed by atoms with Gasteiger partial charge in [0.25, 0.3) is 0 Å². The number of carbonyl (C=O) groups is 2. The van der Waals surface area contributed by atoms with E-state index in [0.29, 0.717) is 23.7 Å². The molecule has 0 aromatic heterocycles. The van der Waals surface area contributed by atoms with Crippen molar-refractivity contribution in [2.45, 2.75) is 26.3 Å². The van der Waals surface area contributed by atoms with E-state index in [9.17, 15) is 9.59 Å². The van der Waals surface area contributed by atoms with Crippen molar-refractivity contribution in [3.63, 3.8) is 0 Å². The molecular formula is C14H17ClN2O2. The van der Waals surface area contributed by atoms with E-state index in [4.69, 9.17) is 11.6 Å². The molecule has 102 valence electrons. The van der Waals surface area contributed by atoms with Gasteiger partial charge in [0.15, 0.2) is 5.78 Å². The molecule has 1 aliphatic rings. The van der Waals surface area contributed by atoms with Gasteiger partial charge < -0.3 is 10.2 Å². The molecule has 1 saturated heterocycles. The van der Waals surface area contributed by atoms with Crippen LogP contribution in [0.5, 0.6) is 0 Å². The predicted molar refractivity (Wildman–Crippen MR) is 75.9 cm³/mol. The van der Waals surface area contributed by atoms with Crippen LogP contribution in [0.3, 0.4) is 0 Å². The Morgan fingerprint density at radius 1 is 1.42 bits per heavy atom. The van der Waals surface area contributed by atoms with Crippen LogP contribution in [-0.2, 0) is 4.79 Å². The molecular weight excluding hydrogens is 264 g/mol. The van der Waals surface area contributed by atoms with E-state index < -0.39 is 5.54 Å². The lowest BCUT2D eigenvalue weighted by molar-refractivity contribution is -0.126. The van der Waals surface area contributed by atoms with E-state index >= 15 is 0 Å². The number of piperazine rings is 1. The summed E-state index contributed by atoms with van der Waals surface area (Å²) in [4.78, 5) is 25.3. The molecule has 1 aromatic carbocycles. The zero-order valence-corrected chi connectivity index (χ0v) is 12.0. The van der Waals surface area contributed by atoms with Crippen LogP contribution < -0.4 is 10.2 Å². The number of carbonyl (C=O) groups excluding carboxylic acids is 2. The summed E-state index contributed by atoms with van der Waals surface area (Å²) in [5.74, 6) is -0.0716. The SMILES string of the molecule is CC(=O)c1ccc(N2CCNC(=O)C2(C)C)cc1Cl. The van der Waals surface area contributed by atoms with Gasteiger partial charge in [0.2, 0.25) is 5.91 Å². The zero-order chi connectivity index (χ0) is 14.2. The summed E-state index contributed by atoms with van der Waals surface area (Å²) in [6, 6.07) is 5.30. The van der Waals surface area contributed by atoms with Gasteiger partial charge in [0.05, 0.1) is 5.02 Å². The number of rotatable bonds is 2. The molecule has 0 saturated carbocycles. The highest BCUT2D eigenvalue weighted by molar-refractivity contribution is 6.34. The van der Waals surface area contributed by atoms with Gasteiger partial charge in [-0.15, -0.1) is 0 Å². The number of nitrogens with zero attached hydrogens (tertiary/aromatic N) is 1. The van der Waals surface area contributed by atoms with Gasteiger partial charge in [0, 0.05) is 24.3 Å². The standard InChI is InChI=1S/C14H17ClN2O2/c1-9(18)11-5-4-10(8-12(11)15)17-7-6-16-13(19)14(17,2)3/h4-5,8H,6-7H2,1-3H3,(H,16,19). The van der Waals surface area contributed by atoms with Gasteiger partial charge in [-0.1, -0.05) is 11.6 Å². The summed E-state index contributed by atoms with van der Waals surface area (Å²) in [6.45, 7) is 6.55. The number of hydrogen-bond donors (Lipinski definition) is 1. The van der Waals surface area contributed by atoms with Crippen molar-refractivity contribution in [3.8, 4) is 0 Å². The van der Waals surface area contributed by atoms with E-state index in [1.807, 2.05) is 24.8 Å². The molecule has 0 unspecified atom stereocenters. The van der Waals surface area contributed by atoms with Crippen molar-refractivity contribution < 1.29 is 9.59 Å². The Balaban J connectivity index is 2.39. The summed E-state index contributed by atoms with van der Waals surface area (Å²) in [5.41, 5.74) is 0.735. The minimum absolute atomic E-state index is 0.00878. The third kappa shape index (κ3) is 2.45. The number of amides is 1. The maximum atomic E-state index is 11.9. The van der Waals surface area contributed by atoms with Crippen LogP contribution in [-0.4, -0.2) is 30.3 Å². The summed E-state index contributed by atoms with van der Waals surface area (Å²) in [6.07, 6.45) is 0. The van der Waals surface area contributed by atoms with Crippen LogP contribution in [0.2, 0.25) is 5.02 Å². The third-order valence-electron chi connectivity index (χ3n) is 3.50. The second-order valence-corrected chi connectivity index (χ2v) is 5.59. The fourth-order valence-corrected chi connectivity index (χ4v) is 2.62. The lowest BCUT2D eigenvalue weighted by atomic mass is 9.97. The molecule has 1 N–H and O–H groups in total. The molecule has 1 aromatic rings. The number of halogens is 1. The quantitative estimate of drug-likeness (QED) is 0.846. The molecule has 2 rings (SSSR count). The second-order valence-electron chi connectivity index (χ2n) is 5.19. The first-order valence-corrected chi connectivity index (χ1v) is 6.58. The molecule has 0 aliphatic carbocycles. The van der Waals surface area contributed by atoms with E-state index in [2.05, 4.69) is 5.32 Å². The van der Waals surface area contributed by atoms with Crippen LogP contribution in [0, 0.1) is 0 Å². The number of nitrogens with one attached hydrogen (secondary N) is 1. The Bertz CT molecular complexity index is 540. The van der Waals surface area contributed by atoms with Gasteiger partial charge in [-0.25, -0.2) is 0 Å². The monoisotopic (exact) mass is 280 g/mol.